The van der Waals surface area contributed by atoms with Gasteiger partial charge in [-0.05, 0) is 17.5 Å². The first-order valence-electron chi connectivity index (χ1n) is 4.78. The Kier molecular flexibility index (Phi) is 2.97. The van der Waals surface area contributed by atoms with Crippen molar-refractivity contribution in [2.24, 2.45) is 0 Å². The van der Waals surface area contributed by atoms with Crippen LogP contribution in [-0.4, -0.2) is 15.2 Å². The quantitative estimate of drug-likeness (QED) is 0.842. The SMILES string of the molecule is Oc1cc(Cc2ccccc2)c(Cl)c(O)n1. The zero-order valence-electron chi connectivity index (χ0n) is 8.39. The standard InChI is InChI=1S/C12H10ClNO2/c13-11-9(7-10(15)14-12(11)16)6-8-4-2-1-3-5-8/h1-5,7H,6H2,(H2,14,15,16). The molecule has 0 bridgehead atoms. The Bertz CT molecular complexity index is 500. The van der Waals surface area contributed by atoms with Gasteiger partial charge in [-0.2, -0.15) is 4.98 Å². The van der Waals surface area contributed by atoms with Gasteiger partial charge in [0.25, 0.3) is 0 Å². The predicted molar refractivity (Wildman–Crippen MR) is 61.8 cm³/mol. The molecule has 0 unspecified atom stereocenters. The van der Waals surface area contributed by atoms with Crippen LogP contribution in [0, 0.1) is 0 Å². The molecule has 0 aliphatic carbocycles. The summed E-state index contributed by atoms with van der Waals surface area (Å²) in [5.74, 6) is -0.569. The van der Waals surface area contributed by atoms with Crippen LogP contribution in [0.4, 0.5) is 0 Å². The van der Waals surface area contributed by atoms with Crippen molar-refractivity contribution in [3.05, 3.63) is 52.5 Å². The van der Waals surface area contributed by atoms with Gasteiger partial charge in [0.1, 0.15) is 5.02 Å². The van der Waals surface area contributed by atoms with Gasteiger partial charge in [0.2, 0.25) is 11.8 Å². The van der Waals surface area contributed by atoms with Crippen molar-refractivity contribution in [1.29, 1.82) is 0 Å². The molecule has 2 rings (SSSR count). The molecule has 16 heavy (non-hydrogen) atoms. The molecule has 2 N–H and O–H groups in total. The Morgan fingerprint density at radius 2 is 1.81 bits per heavy atom. The highest BCUT2D eigenvalue weighted by Gasteiger charge is 2.09. The molecule has 0 radical (unpaired) electrons. The van der Waals surface area contributed by atoms with E-state index in [-0.39, 0.29) is 16.8 Å². The number of hydrogen-bond donors (Lipinski definition) is 2. The first-order chi connectivity index (χ1) is 7.66. The zero-order valence-corrected chi connectivity index (χ0v) is 9.15. The van der Waals surface area contributed by atoms with E-state index < -0.39 is 0 Å². The average molecular weight is 236 g/mol. The van der Waals surface area contributed by atoms with E-state index in [9.17, 15) is 10.2 Å². The van der Waals surface area contributed by atoms with Crippen molar-refractivity contribution in [2.75, 3.05) is 0 Å². The fourth-order valence-electron chi connectivity index (χ4n) is 1.50. The Labute approximate surface area is 98.0 Å². The average Bonchev–Trinajstić information content (AvgIpc) is 2.27. The summed E-state index contributed by atoms with van der Waals surface area (Å²) in [5, 5.41) is 18.8. The highest BCUT2D eigenvalue weighted by molar-refractivity contribution is 6.32. The van der Waals surface area contributed by atoms with Crippen molar-refractivity contribution >= 4 is 11.6 Å². The Morgan fingerprint density at radius 3 is 2.50 bits per heavy atom. The summed E-state index contributed by atoms with van der Waals surface area (Å²) in [7, 11) is 0. The summed E-state index contributed by atoms with van der Waals surface area (Å²) < 4.78 is 0. The van der Waals surface area contributed by atoms with Crippen LogP contribution in [0.5, 0.6) is 11.8 Å². The molecule has 1 aromatic carbocycles. The second kappa shape index (κ2) is 4.41. The molecule has 82 valence electrons. The lowest BCUT2D eigenvalue weighted by molar-refractivity contribution is 0.412. The smallest absolute Gasteiger partial charge is 0.233 e. The highest BCUT2D eigenvalue weighted by Crippen LogP contribution is 2.29. The summed E-state index contributed by atoms with van der Waals surface area (Å²) in [6, 6.07) is 11.1. The maximum absolute atomic E-state index is 9.36. The predicted octanol–water partition coefficient (Wildman–Crippen LogP) is 2.74. The van der Waals surface area contributed by atoms with E-state index in [2.05, 4.69) is 4.98 Å². The lowest BCUT2D eigenvalue weighted by Crippen LogP contribution is -1.91. The molecule has 0 atom stereocenters. The van der Waals surface area contributed by atoms with Gasteiger partial charge < -0.3 is 10.2 Å². The zero-order chi connectivity index (χ0) is 11.5. The minimum Gasteiger partial charge on any atom is -0.493 e. The summed E-state index contributed by atoms with van der Waals surface area (Å²) in [6.07, 6.45) is 0.545. The first-order valence-corrected chi connectivity index (χ1v) is 5.16. The second-order valence-corrected chi connectivity index (χ2v) is 3.82. The lowest BCUT2D eigenvalue weighted by atomic mass is 10.1. The third kappa shape index (κ3) is 2.25. The van der Waals surface area contributed by atoms with E-state index in [0.717, 1.165) is 5.56 Å². The molecular weight excluding hydrogens is 226 g/mol. The van der Waals surface area contributed by atoms with Crippen LogP contribution in [-0.2, 0) is 6.42 Å². The molecule has 0 saturated heterocycles. The maximum Gasteiger partial charge on any atom is 0.233 e. The number of aromatic nitrogens is 1. The summed E-state index contributed by atoms with van der Waals surface area (Å²) >= 11 is 5.89. The largest absolute Gasteiger partial charge is 0.493 e. The summed E-state index contributed by atoms with van der Waals surface area (Å²) in [4.78, 5) is 3.45. The normalized spacial score (nSPS) is 10.3. The molecule has 0 amide bonds. The van der Waals surface area contributed by atoms with Crippen molar-refractivity contribution in [3.8, 4) is 11.8 Å². The van der Waals surface area contributed by atoms with E-state index in [0.29, 0.717) is 12.0 Å². The second-order valence-electron chi connectivity index (χ2n) is 3.44. The molecule has 0 aliphatic rings. The maximum atomic E-state index is 9.36. The summed E-state index contributed by atoms with van der Waals surface area (Å²) in [5.41, 5.74) is 1.70. The van der Waals surface area contributed by atoms with E-state index in [1.165, 1.54) is 6.07 Å². The molecule has 1 aromatic heterocycles. The van der Waals surface area contributed by atoms with Crippen LogP contribution in [0.2, 0.25) is 5.02 Å². The molecule has 3 nitrogen and oxygen atoms in total. The third-order valence-electron chi connectivity index (χ3n) is 2.24. The number of pyridine rings is 1. The summed E-state index contributed by atoms with van der Waals surface area (Å²) in [6.45, 7) is 0. The van der Waals surface area contributed by atoms with Crippen molar-refractivity contribution < 1.29 is 10.2 Å². The number of aromatic hydroxyl groups is 2. The molecule has 0 spiro atoms. The lowest BCUT2D eigenvalue weighted by Gasteiger charge is -2.06. The molecule has 2 aromatic rings. The van der Waals surface area contributed by atoms with E-state index in [4.69, 9.17) is 11.6 Å². The van der Waals surface area contributed by atoms with E-state index in [1.807, 2.05) is 30.3 Å². The van der Waals surface area contributed by atoms with Crippen LogP contribution in [0.3, 0.4) is 0 Å². The van der Waals surface area contributed by atoms with Crippen LogP contribution < -0.4 is 0 Å². The topological polar surface area (TPSA) is 53.4 Å². The van der Waals surface area contributed by atoms with Gasteiger partial charge in [0, 0.05) is 6.07 Å². The van der Waals surface area contributed by atoms with Gasteiger partial charge in [-0.15, -0.1) is 0 Å². The molecule has 0 fully saturated rings. The van der Waals surface area contributed by atoms with Gasteiger partial charge in [-0.1, -0.05) is 41.9 Å². The number of rotatable bonds is 2. The van der Waals surface area contributed by atoms with E-state index in [1.54, 1.807) is 0 Å². The Balaban J connectivity index is 2.35. The van der Waals surface area contributed by atoms with Gasteiger partial charge in [0.15, 0.2) is 0 Å². The molecule has 1 heterocycles. The Hall–Kier alpha value is -1.74. The van der Waals surface area contributed by atoms with Gasteiger partial charge >= 0.3 is 0 Å². The third-order valence-corrected chi connectivity index (χ3v) is 2.65. The number of nitrogens with zero attached hydrogens (tertiary/aromatic N) is 1. The monoisotopic (exact) mass is 235 g/mol. The molecular formula is C12H10ClNO2. The van der Waals surface area contributed by atoms with Crippen LogP contribution in [0.1, 0.15) is 11.1 Å². The van der Waals surface area contributed by atoms with Crippen LogP contribution in [0.25, 0.3) is 0 Å². The molecule has 0 aliphatic heterocycles. The van der Waals surface area contributed by atoms with Crippen molar-refractivity contribution in [2.45, 2.75) is 6.42 Å². The minimum absolute atomic E-state index is 0.182. The molecule has 0 saturated carbocycles. The fourth-order valence-corrected chi connectivity index (χ4v) is 1.66. The number of hydrogen-bond acceptors (Lipinski definition) is 3. The fraction of sp³-hybridized carbons (Fsp3) is 0.0833. The van der Waals surface area contributed by atoms with Crippen molar-refractivity contribution in [1.82, 2.24) is 4.98 Å². The minimum atomic E-state index is -0.340. The van der Waals surface area contributed by atoms with Gasteiger partial charge in [-0.25, -0.2) is 0 Å². The van der Waals surface area contributed by atoms with Crippen LogP contribution in [0.15, 0.2) is 36.4 Å². The van der Waals surface area contributed by atoms with E-state index >= 15 is 0 Å². The van der Waals surface area contributed by atoms with Gasteiger partial charge in [-0.3, -0.25) is 0 Å². The first kappa shape index (κ1) is 10.8. The number of benzene rings is 1. The van der Waals surface area contributed by atoms with Crippen LogP contribution >= 0.6 is 11.6 Å². The van der Waals surface area contributed by atoms with Crippen molar-refractivity contribution in [3.63, 3.8) is 0 Å². The Morgan fingerprint density at radius 1 is 1.12 bits per heavy atom. The number of halogens is 1. The highest BCUT2D eigenvalue weighted by atomic mass is 35.5. The van der Waals surface area contributed by atoms with Gasteiger partial charge in [0.05, 0.1) is 0 Å². The molecule has 4 heteroatoms.